The Kier molecular flexibility index (Phi) is 7.12. The van der Waals surface area contributed by atoms with Crippen molar-refractivity contribution < 1.29 is 9.53 Å². The number of anilines is 1. The van der Waals surface area contributed by atoms with Crippen LogP contribution in [0.3, 0.4) is 0 Å². The molecule has 0 radical (unpaired) electrons. The van der Waals surface area contributed by atoms with Crippen molar-refractivity contribution in [1.82, 2.24) is 4.90 Å². The van der Waals surface area contributed by atoms with Gasteiger partial charge in [0, 0.05) is 18.8 Å². The number of benzene rings is 2. The van der Waals surface area contributed by atoms with E-state index in [1.54, 1.807) is 0 Å². The summed E-state index contributed by atoms with van der Waals surface area (Å²) in [6, 6.07) is 17.5. The van der Waals surface area contributed by atoms with E-state index in [2.05, 4.69) is 10.2 Å². The van der Waals surface area contributed by atoms with Crippen LogP contribution in [-0.2, 0) is 11.4 Å². The summed E-state index contributed by atoms with van der Waals surface area (Å²) in [5, 5.41) is 2.72. The van der Waals surface area contributed by atoms with Crippen LogP contribution in [-0.4, -0.2) is 33.5 Å². The monoisotopic (exact) mass is 400 g/mol. The number of nitrogens with one attached hydrogen (secondary N) is 1. The second-order valence-electron chi connectivity index (χ2n) is 6.51. The Morgan fingerprint density at radius 1 is 1.15 bits per heavy atom. The van der Waals surface area contributed by atoms with Gasteiger partial charge in [0.05, 0.1) is 5.25 Å². The largest absolute Gasteiger partial charge is 0.489 e. The van der Waals surface area contributed by atoms with Gasteiger partial charge in [0.2, 0.25) is 5.91 Å². The van der Waals surface area contributed by atoms with Crippen molar-refractivity contribution in [2.75, 3.05) is 18.4 Å². The highest BCUT2D eigenvalue weighted by Crippen LogP contribution is 2.22. The number of hydrogen-bond donors (Lipinski definition) is 1. The molecule has 1 atom stereocenters. The molecule has 0 bridgehead atoms. The third kappa shape index (κ3) is 5.97. The van der Waals surface area contributed by atoms with Gasteiger partial charge in [0.1, 0.15) is 16.7 Å². The van der Waals surface area contributed by atoms with Gasteiger partial charge in [-0.1, -0.05) is 54.3 Å². The number of carbonyl (C=O) groups is 1. The van der Waals surface area contributed by atoms with Crippen LogP contribution in [0.5, 0.6) is 5.75 Å². The maximum atomic E-state index is 12.4. The molecule has 0 spiro atoms. The van der Waals surface area contributed by atoms with Crippen molar-refractivity contribution in [2.45, 2.75) is 31.6 Å². The van der Waals surface area contributed by atoms with E-state index in [0.29, 0.717) is 6.61 Å². The van der Waals surface area contributed by atoms with Crippen molar-refractivity contribution in [2.24, 2.45) is 0 Å². The lowest BCUT2D eigenvalue weighted by molar-refractivity contribution is -0.115. The molecule has 1 heterocycles. The molecule has 3 rings (SSSR count). The van der Waals surface area contributed by atoms with Crippen LogP contribution in [0.25, 0.3) is 0 Å². The van der Waals surface area contributed by atoms with E-state index in [1.165, 1.54) is 24.6 Å². The number of amides is 1. The van der Waals surface area contributed by atoms with E-state index in [4.69, 9.17) is 17.0 Å². The van der Waals surface area contributed by atoms with Crippen LogP contribution < -0.4 is 10.1 Å². The van der Waals surface area contributed by atoms with Gasteiger partial charge >= 0.3 is 0 Å². The quantitative estimate of drug-likeness (QED) is 0.712. The van der Waals surface area contributed by atoms with Crippen molar-refractivity contribution in [3.8, 4) is 5.75 Å². The molecule has 1 unspecified atom stereocenters. The molecule has 1 saturated heterocycles. The lowest BCUT2D eigenvalue weighted by Gasteiger charge is -2.20. The first-order valence-corrected chi connectivity index (χ1v) is 10.4. The molecule has 1 amide bonds. The number of thioether (sulfide) groups is 1. The summed E-state index contributed by atoms with van der Waals surface area (Å²) in [6.45, 7) is 4.42. The summed E-state index contributed by atoms with van der Waals surface area (Å²) < 4.78 is 6.59. The van der Waals surface area contributed by atoms with Crippen LogP contribution in [0.4, 0.5) is 5.69 Å². The maximum Gasteiger partial charge on any atom is 0.237 e. The van der Waals surface area contributed by atoms with E-state index < -0.39 is 0 Å². The first-order valence-electron chi connectivity index (χ1n) is 9.15. The second-order valence-corrected chi connectivity index (χ2v) is 8.48. The fraction of sp³-hybridized carbons (Fsp3) is 0.333. The highest BCUT2D eigenvalue weighted by molar-refractivity contribution is 8.23. The molecule has 1 aliphatic heterocycles. The van der Waals surface area contributed by atoms with E-state index in [1.807, 2.05) is 61.5 Å². The minimum atomic E-state index is -0.230. The van der Waals surface area contributed by atoms with Crippen LogP contribution in [0.2, 0.25) is 0 Å². The SMILES string of the molecule is CC(SC(=S)N1CCCC1)C(=O)Nc1ccc(OCc2ccccc2)cc1. The topological polar surface area (TPSA) is 41.6 Å². The average molecular weight is 401 g/mol. The molecular weight excluding hydrogens is 376 g/mol. The summed E-state index contributed by atoms with van der Waals surface area (Å²) in [7, 11) is 0. The summed E-state index contributed by atoms with van der Waals surface area (Å²) in [6.07, 6.45) is 2.36. The van der Waals surface area contributed by atoms with Crippen molar-refractivity contribution >= 4 is 39.9 Å². The Morgan fingerprint density at radius 2 is 1.81 bits per heavy atom. The summed E-state index contributed by atoms with van der Waals surface area (Å²) in [5.41, 5.74) is 1.88. The van der Waals surface area contributed by atoms with Crippen molar-refractivity contribution in [3.05, 3.63) is 60.2 Å². The van der Waals surface area contributed by atoms with Gasteiger partial charge in [-0.3, -0.25) is 4.79 Å². The average Bonchev–Trinajstić information content (AvgIpc) is 3.23. The van der Waals surface area contributed by atoms with Crippen molar-refractivity contribution in [1.29, 1.82) is 0 Å². The highest BCUT2D eigenvalue weighted by Gasteiger charge is 2.21. The van der Waals surface area contributed by atoms with Crippen LogP contribution >= 0.6 is 24.0 Å². The molecular formula is C21H24N2O2S2. The molecule has 1 fully saturated rings. The Labute approximate surface area is 170 Å². The predicted octanol–water partition coefficient (Wildman–Crippen LogP) is 4.71. The fourth-order valence-electron chi connectivity index (χ4n) is 2.80. The van der Waals surface area contributed by atoms with Gasteiger partial charge in [-0.25, -0.2) is 0 Å². The van der Waals surface area contributed by atoms with Gasteiger partial charge in [-0.15, -0.1) is 0 Å². The maximum absolute atomic E-state index is 12.4. The molecule has 1 N–H and O–H groups in total. The number of ether oxygens (including phenoxy) is 1. The summed E-state index contributed by atoms with van der Waals surface area (Å²) in [4.78, 5) is 14.6. The normalized spacial score (nSPS) is 14.6. The smallest absolute Gasteiger partial charge is 0.237 e. The molecule has 4 nitrogen and oxygen atoms in total. The number of thiocarbonyl (C=S) groups is 1. The standard InChI is InChI=1S/C21H24N2O2S2/c1-16(27-21(26)23-13-5-6-14-23)20(24)22-18-9-11-19(12-10-18)25-15-17-7-3-2-4-8-17/h2-4,7-12,16H,5-6,13-15H2,1H3,(H,22,24). The Morgan fingerprint density at radius 3 is 2.48 bits per heavy atom. The van der Waals surface area contributed by atoms with E-state index in [0.717, 1.165) is 34.4 Å². The highest BCUT2D eigenvalue weighted by atomic mass is 32.2. The Balaban J connectivity index is 1.46. The van der Waals surface area contributed by atoms with Gasteiger partial charge in [0.25, 0.3) is 0 Å². The van der Waals surface area contributed by atoms with Crippen LogP contribution in [0.15, 0.2) is 54.6 Å². The molecule has 2 aromatic carbocycles. The van der Waals surface area contributed by atoms with Crippen LogP contribution in [0, 0.1) is 0 Å². The van der Waals surface area contributed by atoms with Gasteiger partial charge < -0.3 is 15.0 Å². The lowest BCUT2D eigenvalue weighted by Crippen LogP contribution is -2.29. The second kappa shape index (κ2) is 9.76. The molecule has 2 aromatic rings. The molecule has 0 saturated carbocycles. The Hall–Kier alpha value is -2.05. The third-order valence-electron chi connectivity index (χ3n) is 4.38. The number of likely N-dealkylation sites (tertiary alicyclic amines) is 1. The predicted molar refractivity (Wildman–Crippen MR) is 116 cm³/mol. The van der Waals surface area contributed by atoms with E-state index in [9.17, 15) is 4.79 Å². The zero-order valence-electron chi connectivity index (χ0n) is 15.4. The Bertz CT molecular complexity index is 760. The lowest BCUT2D eigenvalue weighted by atomic mass is 10.2. The molecule has 27 heavy (non-hydrogen) atoms. The minimum absolute atomic E-state index is 0.0421. The number of nitrogens with zero attached hydrogens (tertiary/aromatic N) is 1. The first-order chi connectivity index (χ1) is 13.1. The van der Waals surface area contributed by atoms with E-state index in [-0.39, 0.29) is 11.2 Å². The third-order valence-corrected chi connectivity index (χ3v) is 5.96. The molecule has 1 aliphatic rings. The number of hydrogen-bond acceptors (Lipinski definition) is 4. The van der Waals surface area contributed by atoms with Gasteiger partial charge in [-0.2, -0.15) is 0 Å². The van der Waals surface area contributed by atoms with Crippen LogP contribution in [0.1, 0.15) is 25.3 Å². The fourth-order valence-corrected chi connectivity index (χ4v) is 4.21. The van der Waals surface area contributed by atoms with Crippen molar-refractivity contribution in [3.63, 3.8) is 0 Å². The van der Waals surface area contributed by atoms with Gasteiger partial charge in [-0.05, 0) is 49.6 Å². The first kappa shape index (κ1) is 19.7. The molecule has 0 aromatic heterocycles. The van der Waals surface area contributed by atoms with Gasteiger partial charge in [0.15, 0.2) is 0 Å². The zero-order chi connectivity index (χ0) is 19.1. The summed E-state index contributed by atoms with van der Waals surface area (Å²) in [5.74, 6) is 0.731. The number of rotatable bonds is 6. The summed E-state index contributed by atoms with van der Waals surface area (Å²) >= 11 is 6.91. The van der Waals surface area contributed by atoms with E-state index >= 15 is 0 Å². The molecule has 142 valence electrons. The molecule has 0 aliphatic carbocycles. The minimum Gasteiger partial charge on any atom is -0.489 e. The molecule has 6 heteroatoms. The number of carbonyl (C=O) groups excluding carboxylic acids is 1. The zero-order valence-corrected chi connectivity index (χ0v) is 17.0.